The number of benzene rings is 2. The van der Waals surface area contributed by atoms with E-state index < -0.39 is 11.9 Å². The third-order valence-corrected chi connectivity index (χ3v) is 8.37. The minimum atomic E-state index is -4.69. The van der Waals surface area contributed by atoms with Crippen LogP contribution >= 0.6 is 0 Å². The molecule has 236 valence electrons. The Bertz CT molecular complexity index is 1980. The minimum Gasteiger partial charge on any atom is -0.497 e. The Labute approximate surface area is 261 Å². The van der Waals surface area contributed by atoms with E-state index in [9.17, 15) is 22.8 Å². The van der Waals surface area contributed by atoms with Gasteiger partial charge in [-0.1, -0.05) is 0 Å². The summed E-state index contributed by atoms with van der Waals surface area (Å²) in [6.45, 7) is 1.82. The monoisotopic (exact) mass is 630 g/mol. The summed E-state index contributed by atoms with van der Waals surface area (Å²) in [5.74, 6) is -0.264. The fraction of sp³-hybridized carbons (Fsp3) is 0.281. The lowest BCUT2D eigenvalue weighted by Crippen LogP contribution is -2.56. The van der Waals surface area contributed by atoms with Crippen LogP contribution in [-0.4, -0.2) is 68.9 Å². The van der Waals surface area contributed by atoms with Gasteiger partial charge in [0.15, 0.2) is 5.69 Å². The number of carbonyl (C=O) groups excluding carboxylic acids is 2. The quantitative estimate of drug-likeness (QED) is 0.281. The zero-order chi connectivity index (χ0) is 32.2. The van der Waals surface area contributed by atoms with Crippen molar-refractivity contribution in [1.29, 1.82) is 0 Å². The van der Waals surface area contributed by atoms with Gasteiger partial charge in [-0.05, 0) is 53.4 Å². The van der Waals surface area contributed by atoms with E-state index in [1.54, 1.807) is 64.7 Å². The van der Waals surface area contributed by atoms with E-state index >= 15 is 0 Å². The molecule has 11 nitrogen and oxygen atoms in total. The molecule has 1 saturated heterocycles. The van der Waals surface area contributed by atoms with Crippen molar-refractivity contribution in [3.8, 4) is 16.9 Å². The lowest BCUT2D eigenvalue weighted by molar-refractivity contribution is -0.141. The number of halogens is 3. The molecule has 5 aromatic rings. The number of nitrogens with zero attached hydrogens (tertiary/aromatic N) is 6. The maximum absolute atomic E-state index is 14.4. The highest BCUT2D eigenvalue weighted by molar-refractivity contribution is 6.15. The zero-order valence-electron chi connectivity index (χ0n) is 24.9. The van der Waals surface area contributed by atoms with Gasteiger partial charge in [0, 0.05) is 74.5 Å². The van der Waals surface area contributed by atoms with Crippen molar-refractivity contribution in [2.45, 2.75) is 25.2 Å². The molecule has 0 bridgehead atoms. The summed E-state index contributed by atoms with van der Waals surface area (Å²) < 4.78 is 50.8. The van der Waals surface area contributed by atoms with Gasteiger partial charge in [-0.25, -0.2) is 4.98 Å². The number of amides is 2. The summed E-state index contributed by atoms with van der Waals surface area (Å²) in [5, 5.41) is 10.4. The van der Waals surface area contributed by atoms with Crippen molar-refractivity contribution in [1.82, 2.24) is 34.9 Å². The van der Waals surface area contributed by atoms with E-state index in [1.807, 2.05) is 0 Å². The number of anilines is 1. The van der Waals surface area contributed by atoms with Gasteiger partial charge in [0.2, 0.25) is 0 Å². The molecule has 14 heteroatoms. The first-order valence-electron chi connectivity index (χ1n) is 14.6. The molecule has 0 unspecified atom stereocenters. The smallest absolute Gasteiger partial charge is 0.435 e. The van der Waals surface area contributed by atoms with Crippen LogP contribution in [-0.2, 0) is 26.2 Å². The number of hydrogen-bond donors (Lipinski definition) is 2. The van der Waals surface area contributed by atoms with Crippen molar-refractivity contribution in [3.05, 3.63) is 89.4 Å². The summed E-state index contributed by atoms with van der Waals surface area (Å²) >= 11 is 0. The molecule has 2 aliphatic heterocycles. The predicted octanol–water partition coefficient (Wildman–Crippen LogP) is 3.81. The summed E-state index contributed by atoms with van der Waals surface area (Å²) in [6.07, 6.45) is 3.42. The Morgan fingerprint density at radius 1 is 1.13 bits per heavy atom. The first-order chi connectivity index (χ1) is 22.1. The molecule has 0 spiro atoms. The molecule has 2 N–H and O–H groups in total. The van der Waals surface area contributed by atoms with Crippen LogP contribution in [0.3, 0.4) is 0 Å². The predicted molar refractivity (Wildman–Crippen MR) is 163 cm³/mol. The van der Waals surface area contributed by atoms with Gasteiger partial charge in [-0.15, -0.1) is 0 Å². The summed E-state index contributed by atoms with van der Waals surface area (Å²) in [4.78, 5) is 37.8. The molecule has 0 aliphatic carbocycles. The van der Waals surface area contributed by atoms with E-state index in [2.05, 4.69) is 25.7 Å². The number of alkyl halides is 3. The second-order valence-corrected chi connectivity index (χ2v) is 11.4. The number of rotatable bonds is 7. The lowest BCUT2D eigenvalue weighted by Gasteiger charge is -2.31. The fourth-order valence-electron chi connectivity index (χ4n) is 6.10. The number of aryl methyl sites for hydroxylation is 1. The number of ether oxygens (including phenoxy) is 1. The van der Waals surface area contributed by atoms with E-state index in [0.717, 1.165) is 4.68 Å². The topological polar surface area (TPSA) is 119 Å². The highest BCUT2D eigenvalue weighted by Gasteiger charge is 2.39. The number of methoxy groups -OCH3 is 1. The van der Waals surface area contributed by atoms with Crippen LogP contribution in [0.4, 0.5) is 18.9 Å². The van der Waals surface area contributed by atoms with Crippen molar-refractivity contribution >= 4 is 28.4 Å². The molecule has 2 aliphatic rings. The molecule has 1 fully saturated rings. The van der Waals surface area contributed by atoms with Gasteiger partial charge in [-0.2, -0.15) is 18.3 Å². The molecule has 5 heterocycles. The van der Waals surface area contributed by atoms with Crippen molar-refractivity contribution < 1.29 is 27.5 Å². The standard InChI is InChI=1S/C32H29F3N8O3/c1-41-16-26(29(40-41)32(33,34)35)22-9-18(15-42-8-6-36-17-42)10-23-21(22)4-7-43(31(23)45)27-3-5-38-28-24(27)11-20(46-2)12-25(28)30(44)39-19-13-37-14-19/h3,5-6,8-12,16-17,19,37H,4,7,13-15H2,1-2H3,(H,39,44). The number of aromatic nitrogens is 5. The number of carbonyl (C=O) groups is 2. The SMILES string of the molecule is COc1cc(C(=O)NC2CNC2)c2nccc(N3CCc4c(cc(Cn5ccnc5)cc4-c4cn(C)nc4C(F)(F)F)C3=O)c2c1. The largest absolute Gasteiger partial charge is 0.497 e. The Morgan fingerprint density at radius 3 is 2.63 bits per heavy atom. The van der Waals surface area contributed by atoms with Gasteiger partial charge in [0.25, 0.3) is 11.8 Å². The molecular formula is C32H29F3N8O3. The molecular weight excluding hydrogens is 601 g/mol. The Morgan fingerprint density at radius 2 is 1.93 bits per heavy atom. The van der Waals surface area contributed by atoms with Gasteiger partial charge in [0.05, 0.1) is 36.2 Å². The van der Waals surface area contributed by atoms with Gasteiger partial charge in [-0.3, -0.25) is 19.3 Å². The van der Waals surface area contributed by atoms with Crippen LogP contribution in [0.15, 0.2) is 61.4 Å². The first-order valence-corrected chi connectivity index (χ1v) is 14.6. The molecule has 2 amide bonds. The van der Waals surface area contributed by atoms with Gasteiger partial charge < -0.3 is 24.8 Å². The Hall–Kier alpha value is -5.24. The highest BCUT2D eigenvalue weighted by atomic mass is 19.4. The van der Waals surface area contributed by atoms with Crippen LogP contribution in [0, 0.1) is 0 Å². The Balaban J connectivity index is 1.35. The summed E-state index contributed by atoms with van der Waals surface area (Å²) in [7, 11) is 2.93. The van der Waals surface area contributed by atoms with E-state index in [4.69, 9.17) is 4.74 Å². The molecule has 0 saturated carbocycles. The first kappa shape index (κ1) is 29.5. The average Bonchev–Trinajstić information content (AvgIpc) is 3.67. The number of fused-ring (bicyclic) bond motifs is 2. The molecule has 0 atom stereocenters. The molecule has 7 rings (SSSR count). The third-order valence-electron chi connectivity index (χ3n) is 8.37. The van der Waals surface area contributed by atoms with Crippen molar-refractivity contribution in [2.24, 2.45) is 7.05 Å². The Kier molecular flexibility index (Phi) is 7.23. The van der Waals surface area contributed by atoms with Gasteiger partial charge in [0.1, 0.15) is 5.75 Å². The zero-order valence-corrected chi connectivity index (χ0v) is 24.9. The molecule has 3 aromatic heterocycles. The van der Waals surface area contributed by atoms with Crippen LogP contribution in [0.25, 0.3) is 22.0 Å². The van der Waals surface area contributed by atoms with Crippen molar-refractivity contribution in [2.75, 3.05) is 31.6 Å². The number of nitrogens with one attached hydrogen (secondary N) is 2. The number of imidazole rings is 1. The summed E-state index contributed by atoms with van der Waals surface area (Å²) in [6, 6.07) is 8.47. The van der Waals surface area contributed by atoms with E-state index in [1.165, 1.54) is 20.4 Å². The minimum absolute atomic E-state index is 0.000461. The van der Waals surface area contributed by atoms with Gasteiger partial charge >= 0.3 is 6.18 Å². The highest BCUT2D eigenvalue weighted by Crippen LogP contribution is 2.41. The van der Waals surface area contributed by atoms with Crippen LogP contribution in [0.2, 0.25) is 0 Å². The molecule has 0 radical (unpaired) electrons. The number of hydrogen-bond acceptors (Lipinski definition) is 7. The maximum atomic E-state index is 14.4. The van der Waals surface area contributed by atoms with E-state index in [0.29, 0.717) is 69.8 Å². The van der Waals surface area contributed by atoms with Crippen LogP contribution in [0.5, 0.6) is 5.75 Å². The molecule has 2 aromatic carbocycles. The average molecular weight is 631 g/mol. The van der Waals surface area contributed by atoms with Crippen LogP contribution in [0.1, 0.15) is 37.5 Å². The second-order valence-electron chi connectivity index (χ2n) is 11.4. The third kappa shape index (κ3) is 5.23. The maximum Gasteiger partial charge on any atom is 0.435 e. The normalized spacial score (nSPS) is 15.2. The van der Waals surface area contributed by atoms with E-state index in [-0.39, 0.29) is 36.4 Å². The number of pyridine rings is 1. The second kappa shape index (κ2) is 11.3. The molecule has 46 heavy (non-hydrogen) atoms. The summed E-state index contributed by atoms with van der Waals surface area (Å²) in [5.41, 5.74) is 1.88. The fourth-order valence-corrected chi connectivity index (χ4v) is 6.10. The van der Waals surface area contributed by atoms with Crippen LogP contribution < -0.4 is 20.3 Å². The lowest BCUT2D eigenvalue weighted by atomic mass is 9.87. The van der Waals surface area contributed by atoms with Crippen molar-refractivity contribution in [3.63, 3.8) is 0 Å².